The Labute approximate surface area is 238 Å². The number of methoxy groups -OCH3 is 1. The van der Waals surface area contributed by atoms with Gasteiger partial charge in [-0.15, -0.1) is 0 Å². The summed E-state index contributed by atoms with van der Waals surface area (Å²) in [5.74, 6) is 1.08. The molecule has 1 N–H and O–H groups in total. The first-order valence-corrected chi connectivity index (χ1v) is 13.6. The maximum absolute atomic E-state index is 13.0. The molecule has 0 bridgehead atoms. The molecule has 2 aromatic heterocycles. The highest BCUT2D eigenvalue weighted by Gasteiger charge is 2.34. The number of pyridine rings is 1. The topological polar surface area (TPSA) is 98.1 Å². The summed E-state index contributed by atoms with van der Waals surface area (Å²) in [6, 6.07) is 24.3. The van der Waals surface area contributed by atoms with Crippen LogP contribution < -0.4 is 9.64 Å². The summed E-state index contributed by atoms with van der Waals surface area (Å²) in [5.41, 5.74) is 6.48. The van der Waals surface area contributed by atoms with Crippen molar-refractivity contribution in [2.24, 2.45) is 0 Å². The maximum atomic E-state index is 13.0. The number of benzene rings is 3. The van der Waals surface area contributed by atoms with Crippen LogP contribution >= 0.6 is 0 Å². The largest absolute Gasteiger partial charge is 0.495 e. The standard InChI is InChI=1S/C33H30N6O2/c1-21-19-38(20-22(2)39(21)33(40)32-35-15-16-36-32)26-13-11-25(12-14-26)29-18-37-30-27(5-4-6-28(30)31(29)41-3)24-9-7-23(17-34)8-10-24/h4-16,18,21-22H,19-20H2,1-3H3,(H,35,36)/t21-,22?/m1/s1. The molecule has 41 heavy (non-hydrogen) atoms. The molecule has 2 atom stereocenters. The summed E-state index contributed by atoms with van der Waals surface area (Å²) in [6.07, 6.45) is 5.15. The van der Waals surface area contributed by atoms with Gasteiger partial charge in [0.05, 0.1) is 24.3 Å². The highest BCUT2D eigenvalue weighted by molar-refractivity contribution is 6.00. The molecule has 1 aliphatic rings. The first kappa shape index (κ1) is 26.1. The molecular formula is C33H30N6O2. The summed E-state index contributed by atoms with van der Waals surface area (Å²) >= 11 is 0. The van der Waals surface area contributed by atoms with Gasteiger partial charge in [0.1, 0.15) is 5.75 Å². The van der Waals surface area contributed by atoms with E-state index in [-0.39, 0.29) is 18.0 Å². The van der Waals surface area contributed by atoms with Gasteiger partial charge in [-0.05, 0) is 55.3 Å². The van der Waals surface area contributed by atoms with Gasteiger partial charge in [-0.25, -0.2) is 4.98 Å². The van der Waals surface area contributed by atoms with Crippen molar-refractivity contribution in [3.63, 3.8) is 0 Å². The Morgan fingerprint density at radius 1 is 0.951 bits per heavy atom. The monoisotopic (exact) mass is 542 g/mol. The van der Waals surface area contributed by atoms with Gasteiger partial charge in [0.15, 0.2) is 5.82 Å². The Balaban J connectivity index is 1.27. The van der Waals surface area contributed by atoms with Gasteiger partial charge in [-0.1, -0.05) is 36.4 Å². The summed E-state index contributed by atoms with van der Waals surface area (Å²) < 4.78 is 5.94. The predicted octanol–water partition coefficient (Wildman–Crippen LogP) is 5.91. The van der Waals surface area contributed by atoms with E-state index in [2.05, 4.69) is 59.1 Å². The molecule has 5 aromatic rings. The zero-order chi connectivity index (χ0) is 28.5. The van der Waals surface area contributed by atoms with Crippen LogP contribution in [0.1, 0.15) is 30.0 Å². The molecule has 1 aliphatic heterocycles. The smallest absolute Gasteiger partial charge is 0.290 e. The predicted molar refractivity (Wildman–Crippen MR) is 160 cm³/mol. The van der Waals surface area contributed by atoms with Crippen LogP contribution in [-0.4, -0.2) is 58.0 Å². The normalized spacial score (nSPS) is 16.9. The van der Waals surface area contributed by atoms with Gasteiger partial charge in [0.2, 0.25) is 0 Å². The van der Waals surface area contributed by atoms with E-state index in [1.807, 2.05) is 53.6 Å². The van der Waals surface area contributed by atoms with Crippen molar-refractivity contribution in [1.82, 2.24) is 19.9 Å². The average Bonchev–Trinajstić information content (AvgIpc) is 3.55. The molecule has 0 aliphatic carbocycles. The average molecular weight is 543 g/mol. The molecule has 1 amide bonds. The zero-order valence-corrected chi connectivity index (χ0v) is 23.2. The van der Waals surface area contributed by atoms with Crippen molar-refractivity contribution in [3.05, 3.63) is 96.7 Å². The minimum atomic E-state index is -0.0664. The fraction of sp³-hybridized carbons (Fsp3) is 0.212. The highest BCUT2D eigenvalue weighted by atomic mass is 16.5. The van der Waals surface area contributed by atoms with Crippen LogP contribution in [0.5, 0.6) is 5.75 Å². The Kier molecular flexibility index (Phi) is 6.86. The van der Waals surface area contributed by atoms with Crippen molar-refractivity contribution in [3.8, 4) is 34.1 Å². The van der Waals surface area contributed by atoms with E-state index in [1.54, 1.807) is 19.5 Å². The van der Waals surface area contributed by atoms with Crippen molar-refractivity contribution in [2.45, 2.75) is 25.9 Å². The van der Waals surface area contributed by atoms with Crippen LogP contribution in [0, 0.1) is 11.3 Å². The number of hydrogen-bond acceptors (Lipinski definition) is 6. The van der Waals surface area contributed by atoms with E-state index in [4.69, 9.17) is 15.0 Å². The number of aromatic amines is 1. The lowest BCUT2D eigenvalue weighted by atomic mass is 9.97. The minimum absolute atomic E-state index is 0.0334. The van der Waals surface area contributed by atoms with Gasteiger partial charge in [-0.3, -0.25) is 9.78 Å². The third kappa shape index (κ3) is 4.76. The number of nitrogens with zero attached hydrogens (tertiary/aromatic N) is 5. The lowest BCUT2D eigenvalue weighted by Crippen LogP contribution is -2.59. The molecular weight excluding hydrogens is 512 g/mol. The lowest BCUT2D eigenvalue weighted by molar-refractivity contribution is 0.0563. The number of imidazole rings is 1. The van der Waals surface area contributed by atoms with Crippen LogP contribution in [0.3, 0.4) is 0 Å². The van der Waals surface area contributed by atoms with Crippen molar-refractivity contribution in [2.75, 3.05) is 25.1 Å². The van der Waals surface area contributed by atoms with Gasteiger partial charge < -0.3 is 19.5 Å². The van der Waals surface area contributed by atoms with Gasteiger partial charge in [0.25, 0.3) is 5.91 Å². The number of rotatable bonds is 5. The Morgan fingerprint density at radius 3 is 2.27 bits per heavy atom. The highest BCUT2D eigenvalue weighted by Crippen LogP contribution is 2.39. The van der Waals surface area contributed by atoms with Crippen molar-refractivity contribution in [1.29, 1.82) is 5.26 Å². The van der Waals surface area contributed by atoms with E-state index in [9.17, 15) is 4.79 Å². The second-order valence-corrected chi connectivity index (χ2v) is 10.4. The molecule has 8 nitrogen and oxygen atoms in total. The summed E-state index contributed by atoms with van der Waals surface area (Å²) in [4.78, 5) is 29.2. The molecule has 1 fully saturated rings. The van der Waals surface area contributed by atoms with Crippen LogP contribution in [-0.2, 0) is 0 Å². The number of piperazine rings is 1. The second-order valence-electron chi connectivity index (χ2n) is 10.4. The van der Waals surface area contributed by atoms with E-state index in [0.717, 1.165) is 57.7 Å². The molecule has 0 radical (unpaired) electrons. The third-order valence-corrected chi connectivity index (χ3v) is 7.77. The molecule has 6 rings (SSSR count). The Hall–Kier alpha value is -5.16. The minimum Gasteiger partial charge on any atom is -0.495 e. The zero-order valence-electron chi connectivity index (χ0n) is 23.2. The van der Waals surface area contributed by atoms with Crippen molar-refractivity contribution >= 4 is 22.5 Å². The number of carbonyl (C=O) groups excluding carboxylic acids is 1. The Bertz CT molecular complexity index is 1730. The summed E-state index contributed by atoms with van der Waals surface area (Å²) in [5, 5.41) is 10.1. The Morgan fingerprint density at radius 2 is 1.63 bits per heavy atom. The molecule has 3 heterocycles. The molecule has 3 aromatic carbocycles. The fourth-order valence-corrected chi connectivity index (χ4v) is 5.87. The van der Waals surface area contributed by atoms with Crippen molar-refractivity contribution < 1.29 is 9.53 Å². The molecule has 0 spiro atoms. The number of H-pyrrole nitrogens is 1. The number of fused-ring (bicyclic) bond motifs is 1. The van der Waals surface area contributed by atoms with Gasteiger partial charge in [0, 0.05) is 66.0 Å². The van der Waals surface area contributed by atoms with E-state index >= 15 is 0 Å². The quantitative estimate of drug-likeness (QED) is 0.296. The molecule has 0 saturated carbocycles. The number of nitrogens with one attached hydrogen (secondary N) is 1. The number of anilines is 1. The van der Waals surface area contributed by atoms with Crippen LogP contribution in [0.2, 0.25) is 0 Å². The number of hydrogen-bond donors (Lipinski definition) is 1. The molecule has 1 saturated heterocycles. The van der Waals surface area contributed by atoms with E-state index in [0.29, 0.717) is 11.4 Å². The maximum Gasteiger partial charge on any atom is 0.290 e. The number of amides is 1. The van der Waals surface area contributed by atoms with E-state index < -0.39 is 0 Å². The molecule has 8 heteroatoms. The van der Waals surface area contributed by atoms with Crippen LogP contribution in [0.4, 0.5) is 5.69 Å². The summed E-state index contributed by atoms with van der Waals surface area (Å²) in [7, 11) is 1.69. The number of carbonyl (C=O) groups is 1. The second kappa shape index (κ2) is 10.8. The van der Waals surface area contributed by atoms with Gasteiger partial charge in [-0.2, -0.15) is 5.26 Å². The fourth-order valence-electron chi connectivity index (χ4n) is 5.87. The number of aromatic nitrogens is 3. The number of ether oxygens (including phenoxy) is 1. The lowest BCUT2D eigenvalue weighted by Gasteiger charge is -2.45. The van der Waals surface area contributed by atoms with Crippen LogP contribution in [0.15, 0.2) is 85.3 Å². The number of para-hydroxylation sites is 1. The molecule has 1 unspecified atom stereocenters. The first-order chi connectivity index (χ1) is 20.0. The third-order valence-electron chi connectivity index (χ3n) is 7.77. The SMILES string of the molecule is COc1c(-c2ccc(N3CC(C)N(C(=O)c4ncc[nH]4)[C@H](C)C3)cc2)cnc2c(-c3ccc(C#N)cc3)cccc12. The van der Waals surface area contributed by atoms with Gasteiger partial charge >= 0.3 is 0 Å². The van der Waals surface area contributed by atoms with E-state index in [1.165, 1.54) is 0 Å². The van der Waals surface area contributed by atoms with Crippen LogP contribution in [0.25, 0.3) is 33.2 Å². The molecule has 204 valence electrons. The first-order valence-electron chi connectivity index (χ1n) is 13.6. The summed E-state index contributed by atoms with van der Waals surface area (Å²) in [6.45, 7) is 5.62. The number of nitriles is 1.